The second-order valence-electron chi connectivity index (χ2n) is 23.9. The second-order valence-corrected chi connectivity index (χ2v) is 23.9. The summed E-state index contributed by atoms with van der Waals surface area (Å²) < 4.78 is 11.2. The van der Waals surface area contributed by atoms with Gasteiger partial charge in [-0.3, -0.25) is 4.79 Å². The number of nitrogens with one attached hydrogen (secondary N) is 1. The van der Waals surface area contributed by atoms with Gasteiger partial charge in [-0.05, 0) is 64.2 Å². The Morgan fingerprint density at radius 3 is 1.10 bits per heavy atom. The van der Waals surface area contributed by atoms with E-state index in [0.717, 1.165) is 38.5 Å². The molecular formula is C67H129NO10. The van der Waals surface area contributed by atoms with E-state index in [-0.39, 0.29) is 12.8 Å². The minimum absolute atomic E-state index is 0.257. The minimum atomic E-state index is -1.67. The van der Waals surface area contributed by atoms with Crippen molar-refractivity contribution in [3.05, 3.63) is 24.3 Å². The van der Waals surface area contributed by atoms with Crippen LogP contribution in [0.5, 0.6) is 0 Å². The first kappa shape index (κ1) is 74.6. The van der Waals surface area contributed by atoms with Crippen molar-refractivity contribution in [2.24, 2.45) is 0 Å². The van der Waals surface area contributed by atoms with Crippen molar-refractivity contribution < 1.29 is 50.0 Å². The van der Waals surface area contributed by atoms with Gasteiger partial charge in [0.05, 0.1) is 25.4 Å². The Kier molecular flexibility index (Phi) is 53.6. The number of amides is 1. The number of hydrogen-bond donors (Lipinski definition) is 8. The number of ether oxygens (including phenoxy) is 2. The molecule has 1 heterocycles. The molecule has 11 nitrogen and oxygen atoms in total. The highest BCUT2D eigenvalue weighted by Gasteiger charge is 2.44. The highest BCUT2D eigenvalue weighted by atomic mass is 16.7. The third-order valence-electron chi connectivity index (χ3n) is 16.5. The molecule has 0 aromatic carbocycles. The average molecular weight is 1110 g/mol. The number of aliphatic hydroxyl groups is 7. The number of carbonyl (C=O) groups is 1. The highest BCUT2D eigenvalue weighted by Crippen LogP contribution is 2.24. The van der Waals surface area contributed by atoms with E-state index in [4.69, 9.17) is 9.47 Å². The van der Waals surface area contributed by atoms with Crippen LogP contribution in [0.3, 0.4) is 0 Å². The summed E-state index contributed by atoms with van der Waals surface area (Å²) in [6.45, 7) is 3.49. The fourth-order valence-corrected chi connectivity index (χ4v) is 11.0. The van der Waals surface area contributed by atoms with E-state index in [1.807, 2.05) is 0 Å². The van der Waals surface area contributed by atoms with Gasteiger partial charge >= 0.3 is 0 Å². The van der Waals surface area contributed by atoms with Crippen molar-refractivity contribution in [2.75, 3.05) is 13.2 Å². The van der Waals surface area contributed by atoms with Gasteiger partial charge in [-0.15, -0.1) is 0 Å². The Hall–Kier alpha value is -1.41. The molecule has 0 radical (unpaired) electrons. The van der Waals surface area contributed by atoms with E-state index < -0.39 is 74.2 Å². The van der Waals surface area contributed by atoms with E-state index in [0.29, 0.717) is 12.8 Å². The molecule has 9 unspecified atom stereocenters. The van der Waals surface area contributed by atoms with E-state index in [2.05, 4.69) is 43.5 Å². The summed E-state index contributed by atoms with van der Waals surface area (Å²) in [6.07, 6.45) is 58.3. The van der Waals surface area contributed by atoms with Gasteiger partial charge in [0.25, 0.3) is 0 Å². The van der Waals surface area contributed by atoms with Crippen molar-refractivity contribution in [1.82, 2.24) is 5.32 Å². The minimum Gasteiger partial charge on any atom is -0.394 e. The van der Waals surface area contributed by atoms with Crippen LogP contribution in [-0.4, -0.2) is 110 Å². The second kappa shape index (κ2) is 56.1. The predicted molar refractivity (Wildman–Crippen MR) is 326 cm³/mol. The summed E-state index contributed by atoms with van der Waals surface area (Å²) in [6, 6.07) is -1.18. The summed E-state index contributed by atoms with van der Waals surface area (Å²) in [5, 5.41) is 76.3. The van der Waals surface area contributed by atoms with Crippen LogP contribution in [0.25, 0.3) is 0 Å². The molecule has 78 heavy (non-hydrogen) atoms. The Morgan fingerprint density at radius 1 is 0.436 bits per heavy atom. The van der Waals surface area contributed by atoms with Crippen LogP contribution in [0.4, 0.5) is 0 Å². The molecule has 1 saturated heterocycles. The molecule has 9 atom stereocenters. The topological polar surface area (TPSA) is 189 Å². The van der Waals surface area contributed by atoms with Crippen molar-refractivity contribution in [3.8, 4) is 0 Å². The first-order valence-electron chi connectivity index (χ1n) is 33.7. The third kappa shape index (κ3) is 43.3. The lowest BCUT2D eigenvalue weighted by molar-refractivity contribution is -0.303. The normalized spacial score (nSPS) is 19.5. The SMILES string of the molecule is CCCCCCCCCCCCCC/C=C\CCCCCCCCCCCCCCCCCCC(O)C(=O)NC(COC1OC(CO)C(O)C(O)C1O)C(O)C(O)CCC/C=C/CCCCCCCCCCCCCCCC. The lowest BCUT2D eigenvalue weighted by atomic mass is 9.98. The van der Waals surface area contributed by atoms with Crippen LogP contribution >= 0.6 is 0 Å². The molecule has 1 rings (SSSR count). The number of unbranched alkanes of at least 4 members (excludes halogenated alkanes) is 43. The maximum atomic E-state index is 13.2. The van der Waals surface area contributed by atoms with Crippen LogP contribution in [0, 0.1) is 0 Å². The molecule has 0 aliphatic carbocycles. The van der Waals surface area contributed by atoms with Gasteiger partial charge < -0.3 is 50.5 Å². The molecule has 0 aromatic heterocycles. The van der Waals surface area contributed by atoms with E-state index in [1.165, 1.54) is 250 Å². The van der Waals surface area contributed by atoms with Crippen molar-refractivity contribution >= 4 is 5.91 Å². The first-order valence-corrected chi connectivity index (χ1v) is 33.7. The average Bonchev–Trinajstić information content (AvgIpc) is 3.45. The molecule has 0 aromatic rings. The standard InChI is InChI=1S/C67H129NO10/c1-3-5-7-9-11-13-15-17-19-21-23-24-25-26-27-28-29-30-31-32-33-34-35-37-39-41-43-45-47-49-51-53-55-60(71)66(76)68-58(57-77-67-65(75)64(74)63(73)61(56-69)78-67)62(72)59(70)54-52-50-48-46-44-42-40-38-36-22-20-18-16-14-12-10-8-6-4-2/h26-27,46,48,58-65,67,69-75H,3-25,28-45,47,49-57H2,1-2H3,(H,68,76)/b27-26-,48-46+. The lowest BCUT2D eigenvalue weighted by Gasteiger charge is -2.40. The number of carbonyl (C=O) groups excluding carboxylic acids is 1. The molecule has 1 amide bonds. The van der Waals surface area contributed by atoms with Gasteiger partial charge in [-0.2, -0.15) is 0 Å². The van der Waals surface area contributed by atoms with Gasteiger partial charge in [-0.1, -0.05) is 289 Å². The third-order valence-corrected chi connectivity index (χ3v) is 16.5. The summed E-state index contributed by atoms with van der Waals surface area (Å²) in [4.78, 5) is 13.2. The lowest BCUT2D eigenvalue weighted by Crippen LogP contribution is -2.60. The fourth-order valence-electron chi connectivity index (χ4n) is 11.0. The molecule has 0 bridgehead atoms. The van der Waals surface area contributed by atoms with Gasteiger partial charge in [-0.25, -0.2) is 0 Å². The number of rotatable bonds is 59. The molecule has 1 fully saturated rings. The van der Waals surface area contributed by atoms with Crippen LogP contribution in [0.1, 0.15) is 328 Å². The van der Waals surface area contributed by atoms with E-state index >= 15 is 0 Å². The maximum absolute atomic E-state index is 13.2. The number of allylic oxidation sites excluding steroid dienone is 4. The maximum Gasteiger partial charge on any atom is 0.249 e. The Labute approximate surface area is 480 Å². The Bertz CT molecular complexity index is 1320. The summed E-state index contributed by atoms with van der Waals surface area (Å²) in [5.41, 5.74) is 0. The molecule has 0 spiro atoms. The zero-order valence-electron chi connectivity index (χ0n) is 50.9. The fraction of sp³-hybridized carbons (Fsp3) is 0.925. The van der Waals surface area contributed by atoms with Crippen molar-refractivity contribution in [3.63, 3.8) is 0 Å². The van der Waals surface area contributed by atoms with Crippen LogP contribution < -0.4 is 5.32 Å². The highest BCUT2D eigenvalue weighted by molar-refractivity contribution is 5.80. The number of aliphatic hydroxyl groups excluding tert-OH is 7. The predicted octanol–water partition coefficient (Wildman–Crippen LogP) is 15.6. The molecule has 8 N–H and O–H groups in total. The van der Waals surface area contributed by atoms with Crippen molar-refractivity contribution in [1.29, 1.82) is 0 Å². The molecule has 0 saturated carbocycles. The zero-order chi connectivity index (χ0) is 56.8. The zero-order valence-corrected chi connectivity index (χ0v) is 50.9. The summed E-state index contributed by atoms with van der Waals surface area (Å²) in [5.74, 6) is -0.700. The van der Waals surface area contributed by atoms with Gasteiger partial charge in [0.2, 0.25) is 5.91 Å². The van der Waals surface area contributed by atoms with Gasteiger partial charge in [0.1, 0.15) is 36.6 Å². The van der Waals surface area contributed by atoms with Crippen LogP contribution in [0.2, 0.25) is 0 Å². The van der Waals surface area contributed by atoms with Gasteiger partial charge in [0, 0.05) is 0 Å². The molecule has 1 aliphatic heterocycles. The molecule has 462 valence electrons. The number of hydrogen-bond acceptors (Lipinski definition) is 10. The van der Waals surface area contributed by atoms with Gasteiger partial charge in [0.15, 0.2) is 6.29 Å². The summed E-state index contributed by atoms with van der Waals surface area (Å²) in [7, 11) is 0. The molecule has 11 heteroatoms. The Morgan fingerprint density at radius 2 is 0.756 bits per heavy atom. The quantitative estimate of drug-likeness (QED) is 0.0215. The molecule has 1 aliphatic rings. The monoisotopic (exact) mass is 1110 g/mol. The van der Waals surface area contributed by atoms with E-state index in [1.54, 1.807) is 0 Å². The first-order chi connectivity index (χ1) is 38.2. The molecular weight excluding hydrogens is 979 g/mol. The van der Waals surface area contributed by atoms with Crippen LogP contribution in [0.15, 0.2) is 24.3 Å². The van der Waals surface area contributed by atoms with Crippen LogP contribution in [-0.2, 0) is 14.3 Å². The smallest absolute Gasteiger partial charge is 0.249 e. The van der Waals surface area contributed by atoms with Crippen molar-refractivity contribution in [2.45, 2.75) is 384 Å². The largest absolute Gasteiger partial charge is 0.394 e. The van der Waals surface area contributed by atoms with E-state index in [9.17, 15) is 40.5 Å². The summed E-state index contributed by atoms with van der Waals surface area (Å²) >= 11 is 0. The Balaban J connectivity index is 2.20.